The Labute approximate surface area is 181 Å². The number of aryl methyl sites for hydroxylation is 1. The first-order valence-corrected chi connectivity index (χ1v) is 9.51. The van der Waals surface area contributed by atoms with Crippen molar-refractivity contribution in [2.24, 2.45) is 9.98 Å². The van der Waals surface area contributed by atoms with Crippen LogP contribution in [0.3, 0.4) is 0 Å². The van der Waals surface area contributed by atoms with Crippen LogP contribution in [0.4, 0.5) is 23.7 Å². The fourth-order valence-electron chi connectivity index (χ4n) is 3.50. The van der Waals surface area contributed by atoms with Gasteiger partial charge in [-0.15, -0.1) is 0 Å². The number of carbonyl (C=O) groups excluding carboxylic acids is 2. The van der Waals surface area contributed by atoms with Crippen molar-refractivity contribution in [2.45, 2.75) is 13.0 Å². The molecule has 4 rings (SSSR count). The van der Waals surface area contributed by atoms with Crippen molar-refractivity contribution in [2.75, 3.05) is 20.7 Å². The van der Waals surface area contributed by atoms with Crippen molar-refractivity contribution in [1.29, 1.82) is 0 Å². The number of benzene rings is 2. The van der Waals surface area contributed by atoms with Crippen LogP contribution in [0.5, 0.6) is 0 Å². The van der Waals surface area contributed by atoms with E-state index in [4.69, 9.17) is 4.74 Å². The van der Waals surface area contributed by atoms with E-state index in [2.05, 4.69) is 15.3 Å². The van der Waals surface area contributed by atoms with Gasteiger partial charge in [-0.3, -0.25) is 15.1 Å². The summed E-state index contributed by atoms with van der Waals surface area (Å²) in [6.45, 7) is 1.82. The van der Waals surface area contributed by atoms with Gasteiger partial charge in [-0.05, 0) is 42.3 Å². The first-order valence-electron chi connectivity index (χ1n) is 9.51. The second-order valence-electron chi connectivity index (χ2n) is 7.24. The third-order valence-electron chi connectivity index (χ3n) is 5.23. The van der Waals surface area contributed by atoms with Crippen molar-refractivity contribution in [3.05, 3.63) is 64.5 Å². The number of methoxy groups -OCH3 is 1. The lowest BCUT2D eigenvalue weighted by atomic mass is 10.1. The normalized spacial score (nSPS) is 19.1. The summed E-state index contributed by atoms with van der Waals surface area (Å²) in [7, 11) is 2.73. The summed E-state index contributed by atoms with van der Waals surface area (Å²) in [5, 5.41) is 2.62. The minimum absolute atomic E-state index is 0.0459. The molecule has 1 atom stereocenters. The average Bonchev–Trinajstić information content (AvgIpc) is 3.22. The summed E-state index contributed by atoms with van der Waals surface area (Å²) in [5.74, 6) is -4.53. The third-order valence-corrected chi connectivity index (χ3v) is 5.23. The van der Waals surface area contributed by atoms with Gasteiger partial charge in [0.25, 0.3) is 0 Å². The molecule has 11 heteroatoms. The van der Waals surface area contributed by atoms with Gasteiger partial charge in [0.15, 0.2) is 17.5 Å². The van der Waals surface area contributed by atoms with Crippen molar-refractivity contribution in [3.63, 3.8) is 0 Å². The molecule has 2 aliphatic heterocycles. The van der Waals surface area contributed by atoms with Gasteiger partial charge in [-0.2, -0.15) is 0 Å². The number of halogens is 3. The number of fused-ring (bicyclic) bond motifs is 1. The van der Waals surface area contributed by atoms with E-state index < -0.39 is 35.5 Å². The highest BCUT2D eigenvalue weighted by molar-refractivity contribution is 6.16. The first-order chi connectivity index (χ1) is 15.2. The number of nitrogens with zero attached hydrogens (tertiary/aromatic N) is 4. The SMILES string of the molecule is COC(=O)c1ccc(C)c(N=C2NC(=O)N(C)C3=NCC(c4cc(F)c(F)c(F)c4)N23)c1. The number of guanidine groups is 2. The molecule has 0 spiro atoms. The summed E-state index contributed by atoms with van der Waals surface area (Å²) in [4.78, 5) is 35.9. The van der Waals surface area contributed by atoms with E-state index in [1.807, 2.05) is 0 Å². The number of amides is 2. The molecule has 0 aliphatic carbocycles. The Kier molecular flexibility index (Phi) is 5.33. The molecule has 1 fully saturated rings. The highest BCUT2D eigenvalue weighted by atomic mass is 19.2. The number of aliphatic imine (C=N–C) groups is 2. The van der Waals surface area contributed by atoms with E-state index >= 15 is 0 Å². The summed E-state index contributed by atoms with van der Waals surface area (Å²) in [6.07, 6.45) is 0. The predicted octanol–water partition coefficient (Wildman–Crippen LogP) is 3.25. The molecule has 0 saturated carbocycles. The van der Waals surface area contributed by atoms with Crippen LogP contribution in [0.1, 0.15) is 27.5 Å². The van der Waals surface area contributed by atoms with Crippen LogP contribution in [0.25, 0.3) is 0 Å². The molecule has 1 N–H and O–H groups in total. The molecule has 32 heavy (non-hydrogen) atoms. The van der Waals surface area contributed by atoms with Crippen molar-refractivity contribution in [3.8, 4) is 0 Å². The first kappa shape index (κ1) is 21.3. The number of urea groups is 1. The van der Waals surface area contributed by atoms with Crippen LogP contribution in [-0.4, -0.2) is 54.4 Å². The lowest BCUT2D eigenvalue weighted by molar-refractivity contribution is 0.0600. The standard InChI is InChI=1S/C21H18F3N5O3/c1-10-4-5-11(18(30)32-3)8-15(10)26-19-27-21(31)28(2)20-25-9-16(29(19)20)12-6-13(22)17(24)14(23)7-12/h4-8,16H,9H2,1-3H3,(H,26,27,31). The second-order valence-corrected chi connectivity index (χ2v) is 7.24. The Morgan fingerprint density at radius 2 is 1.91 bits per heavy atom. The van der Waals surface area contributed by atoms with Crippen LogP contribution in [0, 0.1) is 24.4 Å². The zero-order valence-electron chi connectivity index (χ0n) is 17.3. The van der Waals surface area contributed by atoms with E-state index in [9.17, 15) is 22.8 Å². The molecule has 166 valence electrons. The lowest BCUT2D eigenvalue weighted by Gasteiger charge is -2.36. The van der Waals surface area contributed by atoms with Gasteiger partial charge in [0.1, 0.15) is 0 Å². The van der Waals surface area contributed by atoms with Crippen LogP contribution in [-0.2, 0) is 4.74 Å². The molecule has 0 aromatic heterocycles. The topological polar surface area (TPSA) is 86.6 Å². The highest BCUT2D eigenvalue weighted by Gasteiger charge is 2.41. The number of nitrogens with one attached hydrogen (secondary N) is 1. The molecular weight excluding hydrogens is 427 g/mol. The molecular formula is C21H18F3N5O3. The summed E-state index contributed by atoms with van der Waals surface area (Å²) in [5.41, 5.74) is 1.45. The van der Waals surface area contributed by atoms with E-state index in [-0.39, 0.29) is 29.6 Å². The molecule has 0 bridgehead atoms. The average molecular weight is 445 g/mol. The smallest absolute Gasteiger partial charge is 0.337 e. The number of esters is 1. The van der Waals surface area contributed by atoms with E-state index in [0.717, 1.165) is 12.1 Å². The fourth-order valence-corrected chi connectivity index (χ4v) is 3.50. The number of hydrogen-bond donors (Lipinski definition) is 1. The van der Waals surface area contributed by atoms with E-state index in [1.54, 1.807) is 19.1 Å². The Morgan fingerprint density at radius 1 is 1.22 bits per heavy atom. The Bertz CT molecular complexity index is 1170. The van der Waals surface area contributed by atoms with Gasteiger partial charge in [0.2, 0.25) is 11.9 Å². The zero-order chi connectivity index (χ0) is 23.2. The number of hydrogen-bond acceptors (Lipinski definition) is 5. The van der Waals surface area contributed by atoms with Gasteiger partial charge < -0.3 is 4.74 Å². The van der Waals surface area contributed by atoms with Gasteiger partial charge in [-0.1, -0.05) is 6.07 Å². The van der Waals surface area contributed by atoms with Gasteiger partial charge >= 0.3 is 12.0 Å². The summed E-state index contributed by atoms with van der Waals surface area (Å²) in [6, 6.07) is 5.25. The molecule has 1 saturated heterocycles. The molecule has 2 aliphatic rings. The molecule has 0 radical (unpaired) electrons. The van der Waals surface area contributed by atoms with Crippen LogP contribution in [0.2, 0.25) is 0 Å². The molecule has 2 aromatic carbocycles. The Balaban J connectivity index is 1.80. The van der Waals surface area contributed by atoms with Crippen LogP contribution >= 0.6 is 0 Å². The van der Waals surface area contributed by atoms with Gasteiger partial charge in [-0.25, -0.2) is 32.7 Å². The van der Waals surface area contributed by atoms with E-state index in [1.165, 1.54) is 30.0 Å². The monoisotopic (exact) mass is 445 g/mol. The predicted molar refractivity (Wildman–Crippen MR) is 109 cm³/mol. The van der Waals surface area contributed by atoms with Gasteiger partial charge in [0.05, 0.1) is 30.9 Å². The van der Waals surface area contributed by atoms with Crippen LogP contribution < -0.4 is 5.32 Å². The Hall–Kier alpha value is -3.89. The fraction of sp³-hybridized carbons (Fsp3) is 0.238. The van der Waals surface area contributed by atoms with Gasteiger partial charge in [0, 0.05) is 7.05 Å². The minimum Gasteiger partial charge on any atom is -0.465 e. The largest absolute Gasteiger partial charge is 0.465 e. The minimum atomic E-state index is -1.57. The Morgan fingerprint density at radius 3 is 2.56 bits per heavy atom. The maximum absolute atomic E-state index is 13.9. The summed E-state index contributed by atoms with van der Waals surface area (Å²) >= 11 is 0. The molecule has 8 nitrogen and oxygen atoms in total. The summed E-state index contributed by atoms with van der Waals surface area (Å²) < 4.78 is 46.0. The third kappa shape index (κ3) is 3.55. The number of ether oxygens (including phenoxy) is 1. The molecule has 2 amide bonds. The number of carbonyl (C=O) groups is 2. The zero-order valence-corrected chi connectivity index (χ0v) is 17.3. The maximum Gasteiger partial charge on any atom is 0.337 e. The molecule has 2 heterocycles. The highest BCUT2D eigenvalue weighted by Crippen LogP contribution is 2.32. The van der Waals surface area contributed by atoms with Crippen molar-refractivity contribution in [1.82, 2.24) is 15.1 Å². The lowest BCUT2D eigenvalue weighted by Crippen LogP contribution is -2.61. The molecule has 1 unspecified atom stereocenters. The molecule has 2 aromatic rings. The van der Waals surface area contributed by atoms with E-state index in [0.29, 0.717) is 11.3 Å². The van der Waals surface area contributed by atoms with Crippen LogP contribution in [0.15, 0.2) is 40.3 Å². The van der Waals surface area contributed by atoms with Crippen molar-refractivity contribution < 1.29 is 27.5 Å². The quantitative estimate of drug-likeness (QED) is 0.581. The van der Waals surface area contributed by atoms with Crippen molar-refractivity contribution >= 4 is 29.6 Å². The second kappa shape index (κ2) is 7.98. The maximum atomic E-state index is 13.9. The number of rotatable bonds is 3.